The fraction of sp³-hybridized carbons (Fsp3) is 0.545. The Morgan fingerprint density at radius 3 is 2.60 bits per heavy atom. The quantitative estimate of drug-likeness (QED) is 0.836. The zero-order valence-electron chi connectivity index (χ0n) is 14.7. The molecular weight excluding hydrogens is 308 g/mol. The molecule has 2 bridgehead atoms. The monoisotopic (exact) mass is 334 g/mol. The van der Waals surface area contributed by atoms with E-state index >= 15 is 0 Å². The van der Waals surface area contributed by atoms with Gasteiger partial charge in [0.05, 0.1) is 0 Å². The third kappa shape index (κ3) is 2.65. The minimum Gasteiger partial charge on any atom is -0.336 e. The fourth-order valence-corrected chi connectivity index (χ4v) is 5.35. The maximum Gasteiger partial charge on any atom is 0.226 e. The number of benzene rings is 1. The summed E-state index contributed by atoms with van der Waals surface area (Å²) in [6.45, 7) is 0. The molecule has 1 aromatic heterocycles. The van der Waals surface area contributed by atoms with E-state index in [9.17, 15) is 4.79 Å². The predicted octanol–water partition coefficient (Wildman–Crippen LogP) is 4.35. The fourth-order valence-electron chi connectivity index (χ4n) is 5.35. The zero-order valence-corrected chi connectivity index (χ0v) is 14.7. The molecule has 1 aliphatic carbocycles. The summed E-state index contributed by atoms with van der Waals surface area (Å²) in [4.78, 5) is 19.4. The molecule has 0 spiro atoms. The van der Waals surface area contributed by atoms with Gasteiger partial charge in [-0.25, -0.2) is 0 Å². The van der Waals surface area contributed by atoms with E-state index in [4.69, 9.17) is 0 Å². The van der Waals surface area contributed by atoms with Crippen molar-refractivity contribution in [2.24, 2.45) is 11.8 Å². The summed E-state index contributed by atoms with van der Waals surface area (Å²) in [6.07, 6.45) is 13.3. The highest BCUT2D eigenvalue weighted by Crippen LogP contribution is 2.43. The minimum atomic E-state index is 0.351. The van der Waals surface area contributed by atoms with Crippen molar-refractivity contribution in [3.05, 3.63) is 42.2 Å². The zero-order chi connectivity index (χ0) is 16.8. The first-order valence-electron chi connectivity index (χ1n) is 9.93. The van der Waals surface area contributed by atoms with Crippen LogP contribution in [0.2, 0.25) is 0 Å². The number of piperidine rings is 1. The van der Waals surface area contributed by atoms with Crippen LogP contribution < -0.4 is 0 Å². The van der Waals surface area contributed by atoms with E-state index in [1.54, 1.807) is 0 Å². The van der Waals surface area contributed by atoms with Crippen molar-refractivity contribution >= 4 is 16.7 Å². The van der Waals surface area contributed by atoms with Crippen molar-refractivity contribution in [3.8, 4) is 0 Å². The molecule has 1 aromatic carbocycles. The molecule has 3 heterocycles. The predicted molar refractivity (Wildman–Crippen MR) is 99.2 cm³/mol. The molecule has 5 rings (SSSR count). The maximum atomic E-state index is 12.8. The summed E-state index contributed by atoms with van der Waals surface area (Å²) in [5, 5.41) is 2.58. The van der Waals surface area contributed by atoms with Gasteiger partial charge >= 0.3 is 0 Å². The van der Waals surface area contributed by atoms with Crippen LogP contribution >= 0.6 is 0 Å². The van der Waals surface area contributed by atoms with Crippen LogP contribution in [0.5, 0.6) is 0 Å². The van der Waals surface area contributed by atoms with E-state index in [0.29, 0.717) is 29.8 Å². The van der Waals surface area contributed by atoms with Crippen molar-refractivity contribution in [3.63, 3.8) is 0 Å². The Hall–Kier alpha value is -1.90. The molecule has 130 valence electrons. The van der Waals surface area contributed by atoms with Crippen LogP contribution in [0.15, 0.2) is 36.7 Å². The molecule has 2 aliphatic heterocycles. The van der Waals surface area contributed by atoms with Crippen molar-refractivity contribution < 1.29 is 4.79 Å². The molecule has 0 N–H and O–H groups in total. The van der Waals surface area contributed by atoms with E-state index in [2.05, 4.69) is 34.1 Å². The SMILES string of the molecule is O=C(C1CCC1)N1C2CCC1CC(Cc1cccc3ccncc13)C2. The number of carbonyl (C=O) groups is 1. The molecule has 3 aliphatic rings. The highest BCUT2D eigenvalue weighted by atomic mass is 16.2. The Bertz CT molecular complexity index is 778. The van der Waals surface area contributed by atoms with Crippen molar-refractivity contribution in [1.82, 2.24) is 9.88 Å². The summed E-state index contributed by atoms with van der Waals surface area (Å²) in [7, 11) is 0. The Morgan fingerprint density at radius 2 is 1.88 bits per heavy atom. The smallest absolute Gasteiger partial charge is 0.226 e. The second-order valence-corrected chi connectivity index (χ2v) is 8.31. The highest BCUT2D eigenvalue weighted by Gasteiger charge is 2.45. The lowest BCUT2D eigenvalue weighted by Crippen LogP contribution is -2.50. The lowest BCUT2D eigenvalue weighted by Gasteiger charge is -2.42. The number of carbonyl (C=O) groups excluding carboxylic acids is 1. The van der Waals surface area contributed by atoms with Gasteiger partial charge in [-0.05, 0) is 67.9 Å². The van der Waals surface area contributed by atoms with Crippen molar-refractivity contribution in [1.29, 1.82) is 0 Å². The van der Waals surface area contributed by atoms with Crippen LogP contribution in [0.1, 0.15) is 50.5 Å². The molecule has 0 radical (unpaired) electrons. The number of rotatable bonds is 3. The first-order chi connectivity index (χ1) is 12.3. The standard InChI is InChI=1S/C22H26N2O/c25-22(17-4-2-5-17)24-19-7-8-20(24)13-15(12-19)11-18-6-1-3-16-9-10-23-14-21(16)18/h1,3,6,9-10,14-15,17,19-20H,2,4-5,7-8,11-13H2. The molecule has 3 nitrogen and oxygen atoms in total. The van der Waals surface area contributed by atoms with Crippen LogP contribution in [-0.2, 0) is 11.2 Å². The molecule has 1 amide bonds. The van der Waals surface area contributed by atoms with Gasteiger partial charge in [-0.3, -0.25) is 9.78 Å². The molecule has 2 saturated heterocycles. The molecule has 3 fully saturated rings. The van der Waals surface area contributed by atoms with E-state index < -0.39 is 0 Å². The average molecular weight is 334 g/mol. The normalized spacial score (nSPS) is 29.0. The van der Waals surface area contributed by atoms with E-state index in [-0.39, 0.29) is 0 Å². The maximum absolute atomic E-state index is 12.8. The lowest BCUT2D eigenvalue weighted by molar-refractivity contribution is -0.143. The first-order valence-corrected chi connectivity index (χ1v) is 9.93. The largest absolute Gasteiger partial charge is 0.336 e. The van der Waals surface area contributed by atoms with E-state index in [1.165, 1.54) is 48.4 Å². The average Bonchev–Trinajstić information content (AvgIpc) is 2.85. The topological polar surface area (TPSA) is 33.2 Å². The van der Waals surface area contributed by atoms with E-state index in [1.807, 2.05) is 12.4 Å². The molecule has 3 heteroatoms. The number of nitrogens with zero attached hydrogens (tertiary/aromatic N) is 2. The van der Waals surface area contributed by atoms with Crippen molar-refractivity contribution in [2.45, 2.75) is 63.5 Å². The van der Waals surface area contributed by atoms with Gasteiger partial charge in [-0.1, -0.05) is 24.6 Å². The van der Waals surface area contributed by atoms with Gasteiger partial charge in [-0.15, -0.1) is 0 Å². The summed E-state index contributed by atoms with van der Waals surface area (Å²) in [5.74, 6) is 1.53. The second-order valence-electron chi connectivity index (χ2n) is 8.31. The minimum absolute atomic E-state index is 0.351. The van der Waals surface area contributed by atoms with Crippen molar-refractivity contribution in [2.75, 3.05) is 0 Å². The van der Waals surface area contributed by atoms with Crippen LogP contribution in [-0.4, -0.2) is 27.9 Å². The Labute approximate surface area is 149 Å². The van der Waals surface area contributed by atoms with Crippen LogP contribution in [0.25, 0.3) is 10.8 Å². The number of aromatic nitrogens is 1. The Kier molecular flexibility index (Phi) is 3.76. The molecule has 1 saturated carbocycles. The Balaban J connectivity index is 1.33. The van der Waals surface area contributed by atoms with E-state index in [0.717, 1.165) is 19.3 Å². The van der Waals surface area contributed by atoms with Crippen LogP contribution in [0, 0.1) is 11.8 Å². The van der Waals surface area contributed by atoms with Gasteiger partial charge < -0.3 is 4.90 Å². The highest BCUT2D eigenvalue weighted by molar-refractivity contribution is 5.84. The van der Waals surface area contributed by atoms with Crippen LogP contribution in [0.4, 0.5) is 0 Å². The molecular formula is C22H26N2O. The number of hydrogen-bond donors (Lipinski definition) is 0. The molecule has 2 atom stereocenters. The van der Waals surface area contributed by atoms with Gasteiger partial charge in [0.15, 0.2) is 0 Å². The molecule has 2 aromatic rings. The summed E-state index contributed by atoms with van der Waals surface area (Å²) < 4.78 is 0. The van der Waals surface area contributed by atoms with Crippen LogP contribution in [0.3, 0.4) is 0 Å². The molecule has 25 heavy (non-hydrogen) atoms. The second kappa shape index (κ2) is 6.12. The number of amides is 1. The van der Waals surface area contributed by atoms with Gasteiger partial charge in [0.1, 0.15) is 0 Å². The number of pyridine rings is 1. The lowest BCUT2D eigenvalue weighted by atomic mass is 9.81. The van der Waals surface area contributed by atoms with Gasteiger partial charge in [0.25, 0.3) is 0 Å². The summed E-state index contributed by atoms with van der Waals surface area (Å²) in [6, 6.07) is 9.71. The van der Waals surface area contributed by atoms with Gasteiger partial charge in [-0.2, -0.15) is 0 Å². The number of hydrogen-bond acceptors (Lipinski definition) is 2. The van der Waals surface area contributed by atoms with Gasteiger partial charge in [0, 0.05) is 35.8 Å². The Morgan fingerprint density at radius 1 is 1.08 bits per heavy atom. The number of fused-ring (bicyclic) bond motifs is 3. The first kappa shape index (κ1) is 15.4. The molecule has 2 unspecified atom stereocenters. The summed E-state index contributed by atoms with van der Waals surface area (Å²) in [5.41, 5.74) is 1.42. The third-order valence-corrected chi connectivity index (χ3v) is 6.82. The third-order valence-electron chi connectivity index (χ3n) is 6.82. The van der Waals surface area contributed by atoms with Gasteiger partial charge in [0.2, 0.25) is 5.91 Å². The summed E-state index contributed by atoms with van der Waals surface area (Å²) >= 11 is 0.